The number of nitrogens with one attached hydrogen (secondary N) is 1. The van der Waals surface area contributed by atoms with Gasteiger partial charge in [0.2, 0.25) is 0 Å². The minimum Gasteiger partial charge on any atom is -0.484 e. The van der Waals surface area contributed by atoms with Crippen LogP contribution in [0.5, 0.6) is 5.75 Å². The first kappa shape index (κ1) is 19.3. The minimum absolute atomic E-state index is 0.0660. The highest BCUT2D eigenvalue weighted by Gasteiger charge is 2.10. The summed E-state index contributed by atoms with van der Waals surface area (Å²) in [5, 5.41) is 2.89. The molecule has 0 saturated carbocycles. The Morgan fingerprint density at radius 1 is 1.04 bits per heavy atom. The van der Waals surface area contributed by atoms with E-state index < -0.39 is 0 Å². The Kier molecular flexibility index (Phi) is 6.60. The van der Waals surface area contributed by atoms with Crippen molar-refractivity contribution >= 4 is 23.2 Å². The fraction of sp³-hybridized carbons (Fsp3) is 0.300. The predicted octanol–water partition coefficient (Wildman–Crippen LogP) is 2.86. The summed E-state index contributed by atoms with van der Waals surface area (Å²) in [6.07, 6.45) is 0. The van der Waals surface area contributed by atoms with E-state index in [2.05, 4.69) is 17.1 Å². The summed E-state index contributed by atoms with van der Waals surface area (Å²) >= 11 is 0. The van der Waals surface area contributed by atoms with Crippen molar-refractivity contribution in [2.75, 3.05) is 44.5 Å². The summed E-state index contributed by atoms with van der Waals surface area (Å²) in [5.41, 5.74) is 2.22. The van der Waals surface area contributed by atoms with Crippen molar-refractivity contribution in [3.63, 3.8) is 0 Å². The van der Waals surface area contributed by atoms with Gasteiger partial charge in [0, 0.05) is 44.6 Å². The molecule has 0 unspecified atom stereocenters. The van der Waals surface area contributed by atoms with Crippen molar-refractivity contribution in [3.8, 4) is 5.75 Å². The molecule has 138 valence electrons. The van der Waals surface area contributed by atoms with Crippen LogP contribution < -0.4 is 15.0 Å². The predicted molar refractivity (Wildman–Crippen MR) is 104 cm³/mol. The second kappa shape index (κ2) is 8.89. The summed E-state index contributed by atoms with van der Waals surface area (Å²) in [6, 6.07) is 14.5. The highest BCUT2D eigenvalue weighted by Crippen LogP contribution is 2.20. The fourth-order valence-corrected chi connectivity index (χ4v) is 2.21. The number of benzene rings is 2. The topological polar surface area (TPSA) is 61.9 Å². The highest BCUT2D eigenvalue weighted by molar-refractivity contribution is 6.04. The zero-order chi connectivity index (χ0) is 19.1. The van der Waals surface area contributed by atoms with Crippen LogP contribution in [0.3, 0.4) is 0 Å². The van der Waals surface area contributed by atoms with Crippen molar-refractivity contribution in [3.05, 3.63) is 54.1 Å². The van der Waals surface area contributed by atoms with Gasteiger partial charge in [-0.25, -0.2) is 0 Å². The van der Waals surface area contributed by atoms with Crippen LogP contribution in [0.1, 0.15) is 17.3 Å². The Bertz CT molecular complexity index is 774. The Morgan fingerprint density at radius 3 is 2.46 bits per heavy atom. The molecule has 26 heavy (non-hydrogen) atoms. The molecule has 0 heterocycles. The SMILES string of the molecule is CCN(C)c1cccc(NC(=O)c2cccc(OCC(=O)N(C)C)c2)c1. The number of nitrogens with zero attached hydrogens (tertiary/aromatic N) is 2. The van der Waals surface area contributed by atoms with E-state index in [1.165, 1.54) is 4.90 Å². The van der Waals surface area contributed by atoms with Gasteiger partial charge in [-0.1, -0.05) is 12.1 Å². The molecule has 6 nitrogen and oxygen atoms in total. The molecule has 0 aromatic heterocycles. The zero-order valence-corrected chi connectivity index (χ0v) is 15.7. The van der Waals surface area contributed by atoms with Crippen LogP contribution in [0, 0.1) is 0 Å². The smallest absolute Gasteiger partial charge is 0.259 e. The Labute approximate surface area is 154 Å². The van der Waals surface area contributed by atoms with Crippen molar-refractivity contribution in [1.82, 2.24) is 4.90 Å². The van der Waals surface area contributed by atoms with Gasteiger partial charge in [-0.15, -0.1) is 0 Å². The number of rotatable bonds is 7. The number of carbonyl (C=O) groups is 2. The number of amides is 2. The van der Waals surface area contributed by atoms with E-state index in [-0.39, 0.29) is 18.4 Å². The van der Waals surface area contributed by atoms with Crippen molar-refractivity contribution in [2.45, 2.75) is 6.92 Å². The van der Waals surface area contributed by atoms with E-state index >= 15 is 0 Å². The molecule has 6 heteroatoms. The van der Waals surface area contributed by atoms with Gasteiger partial charge in [0.15, 0.2) is 6.61 Å². The molecule has 2 aromatic carbocycles. The van der Waals surface area contributed by atoms with E-state index in [4.69, 9.17) is 4.74 Å². The first-order chi connectivity index (χ1) is 12.4. The number of likely N-dealkylation sites (N-methyl/N-ethyl adjacent to an activating group) is 1. The Balaban J connectivity index is 2.06. The van der Waals surface area contributed by atoms with Crippen LogP contribution in [0.15, 0.2) is 48.5 Å². The zero-order valence-electron chi connectivity index (χ0n) is 15.7. The van der Waals surface area contributed by atoms with Crippen molar-refractivity contribution in [2.24, 2.45) is 0 Å². The van der Waals surface area contributed by atoms with Gasteiger partial charge in [-0.05, 0) is 43.3 Å². The molecule has 0 aliphatic rings. The largest absolute Gasteiger partial charge is 0.484 e. The van der Waals surface area contributed by atoms with Crippen LogP contribution in [-0.4, -0.2) is 51.0 Å². The number of hydrogen-bond donors (Lipinski definition) is 1. The molecule has 2 amide bonds. The lowest BCUT2D eigenvalue weighted by Gasteiger charge is -2.17. The van der Waals surface area contributed by atoms with Gasteiger partial charge in [-0.2, -0.15) is 0 Å². The summed E-state index contributed by atoms with van der Waals surface area (Å²) in [4.78, 5) is 27.7. The average molecular weight is 355 g/mol. The van der Waals surface area contributed by atoms with Crippen LogP contribution in [0.2, 0.25) is 0 Å². The average Bonchev–Trinajstić information content (AvgIpc) is 2.65. The maximum atomic E-state index is 12.5. The lowest BCUT2D eigenvalue weighted by Crippen LogP contribution is -2.27. The Morgan fingerprint density at radius 2 is 1.77 bits per heavy atom. The van der Waals surface area contributed by atoms with Crippen molar-refractivity contribution < 1.29 is 14.3 Å². The van der Waals surface area contributed by atoms with Gasteiger partial charge in [-0.3, -0.25) is 9.59 Å². The third kappa shape index (κ3) is 5.24. The first-order valence-electron chi connectivity index (χ1n) is 8.46. The summed E-state index contributed by atoms with van der Waals surface area (Å²) < 4.78 is 5.46. The van der Waals surface area contributed by atoms with Crippen LogP contribution in [0.4, 0.5) is 11.4 Å². The molecule has 0 atom stereocenters. The second-order valence-corrected chi connectivity index (χ2v) is 6.12. The summed E-state index contributed by atoms with van der Waals surface area (Å²) in [7, 11) is 5.33. The third-order valence-electron chi connectivity index (χ3n) is 3.98. The summed E-state index contributed by atoms with van der Waals surface area (Å²) in [6.45, 7) is 2.88. The fourth-order valence-electron chi connectivity index (χ4n) is 2.21. The molecule has 0 spiro atoms. The lowest BCUT2D eigenvalue weighted by molar-refractivity contribution is -0.130. The maximum Gasteiger partial charge on any atom is 0.259 e. The third-order valence-corrected chi connectivity index (χ3v) is 3.98. The van der Waals surface area contributed by atoms with E-state index in [0.717, 1.165) is 17.9 Å². The molecular weight excluding hydrogens is 330 g/mol. The quantitative estimate of drug-likeness (QED) is 0.830. The van der Waals surface area contributed by atoms with Gasteiger partial charge in [0.05, 0.1) is 0 Å². The van der Waals surface area contributed by atoms with Crippen LogP contribution in [0.25, 0.3) is 0 Å². The second-order valence-electron chi connectivity index (χ2n) is 6.12. The van der Waals surface area contributed by atoms with Gasteiger partial charge >= 0.3 is 0 Å². The molecule has 0 saturated heterocycles. The first-order valence-corrected chi connectivity index (χ1v) is 8.46. The number of carbonyl (C=O) groups excluding carboxylic acids is 2. The molecular formula is C20H25N3O3. The molecule has 2 rings (SSSR count). The van der Waals surface area contributed by atoms with E-state index in [9.17, 15) is 9.59 Å². The standard InChI is InChI=1S/C20H25N3O3/c1-5-23(4)17-10-7-9-16(13-17)21-20(25)15-8-6-11-18(12-15)26-14-19(24)22(2)3/h6-13H,5,14H2,1-4H3,(H,21,25). The summed E-state index contributed by atoms with van der Waals surface area (Å²) in [5.74, 6) is 0.106. The van der Waals surface area contributed by atoms with E-state index in [0.29, 0.717) is 11.3 Å². The Hall–Kier alpha value is -3.02. The molecule has 0 fully saturated rings. The minimum atomic E-state index is -0.231. The molecule has 2 aromatic rings. The normalized spacial score (nSPS) is 10.2. The molecule has 0 radical (unpaired) electrons. The molecule has 1 N–H and O–H groups in total. The van der Waals surface area contributed by atoms with Crippen LogP contribution in [-0.2, 0) is 4.79 Å². The van der Waals surface area contributed by atoms with Crippen LogP contribution >= 0.6 is 0 Å². The number of hydrogen-bond acceptors (Lipinski definition) is 4. The van der Waals surface area contributed by atoms with Crippen molar-refractivity contribution in [1.29, 1.82) is 0 Å². The molecule has 0 bridgehead atoms. The van der Waals surface area contributed by atoms with Gasteiger partial charge in [0.25, 0.3) is 11.8 Å². The van der Waals surface area contributed by atoms with Gasteiger partial charge in [0.1, 0.15) is 5.75 Å². The van der Waals surface area contributed by atoms with E-state index in [1.54, 1.807) is 38.4 Å². The molecule has 0 aliphatic heterocycles. The number of anilines is 2. The maximum absolute atomic E-state index is 12.5. The molecule has 0 aliphatic carbocycles. The van der Waals surface area contributed by atoms with E-state index in [1.807, 2.05) is 31.3 Å². The van der Waals surface area contributed by atoms with Gasteiger partial charge < -0.3 is 19.9 Å². The number of ether oxygens (including phenoxy) is 1. The lowest BCUT2D eigenvalue weighted by atomic mass is 10.2. The monoisotopic (exact) mass is 355 g/mol. The highest BCUT2D eigenvalue weighted by atomic mass is 16.5.